The lowest BCUT2D eigenvalue weighted by Crippen LogP contribution is -2.14. The summed E-state index contributed by atoms with van der Waals surface area (Å²) in [6, 6.07) is 0. The summed E-state index contributed by atoms with van der Waals surface area (Å²) in [6.07, 6.45) is 4.62. The molecule has 0 atom stereocenters. The lowest BCUT2D eigenvalue weighted by atomic mass is 10.1. The highest BCUT2D eigenvalue weighted by Crippen LogP contribution is 2.17. The zero-order valence-corrected chi connectivity index (χ0v) is 11.4. The summed E-state index contributed by atoms with van der Waals surface area (Å²) in [7, 11) is 3.90. The van der Waals surface area contributed by atoms with Crippen molar-refractivity contribution < 1.29 is 0 Å². The van der Waals surface area contributed by atoms with Crippen LogP contribution in [0.2, 0.25) is 0 Å². The van der Waals surface area contributed by atoms with Crippen LogP contribution in [-0.2, 0) is 13.5 Å². The molecule has 0 radical (unpaired) electrons. The standard InChI is InChI=1S/C13H19N5/c1-9-11(5-6-14-3)10(2)17-12(16-9)13-15-7-8-18(13)4/h7-8,14H,5-6H2,1-4H3. The molecule has 5 nitrogen and oxygen atoms in total. The molecule has 96 valence electrons. The van der Waals surface area contributed by atoms with E-state index in [0.717, 1.165) is 30.2 Å². The van der Waals surface area contributed by atoms with Gasteiger partial charge in [0.15, 0.2) is 11.6 Å². The quantitative estimate of drug-likeness (QED) is 0.881. The third-order valence-electron chi connectivity index (χ3n) is 3.07. The van der Waals surface area contributed by atoms with E-state index in [1.807, 2.05) is 38.7 Å². The lowest BCUT2D eigenvalue weighted by molar-refractivity contribution is 0.773. The fourth-order valence-electron chi connectivity index (χ4n) is 2.03. The van der Waals surface area contributed by atoms with E-state index in [1.165, 1.54) is 5.56 Å². The van der Waals surface area contributed by atoms with Gasteiger partial charge in [-0.05, 0) is 39.4 Å². The van der Waals surface area contributed by atoms with Crippen molar-refractivity contribution in [1.29, 1.82) is 0 Å². The predicted octanol–water partition coefficient (Wildman–Crippen LogP) is 1.26. The Bertz CT molecular complexity index is 521. The number of aromatic nitrogens is 4. The van der Waals surface area contributed by atoms with Crippen molar-refractivity contribution in [2.24, 2.45) is 7.05 Å². The molecule has 18 heavy (non-hydrogen) atoms. The van der Waals surface area contributed by atoms with Crippen LogP contribution in [0.5, 0.6) is 0 Å². The van der Waals surface area contributed by atoms with Gasteiger partial charge >= 0.3 is 0 Å². The summed E-state index contributed by atoms with van der Waals surface area (Å²) in [4.78, 5) is 13.4. The summed E-state index contributed by atoms with van der Waals surface area (Å²) in [5.41, 5.74) is 3.30. The van der Waals surface area contributed by atoms with Gasteiger partial charge in [0.25, 0.3) is 0 Å². The molecular formula is C13H19N5. The zero-order chi connectivity index (χ0) is 13.1. The minimum atomic E-state index is 0.700. The highest BCUT2D eigenvalue weighted by atomic mass is 15.1. The topological polar surface area (TPSA) is 55.6 Å². The normalized spacial score (nSPS) is 10.9. The smallest absolute Gasteiger partial charge is 0.196 e. The summed E-state index contributed by atoms with van der Waals surface area (Å²) in [5.74, 6) is 1.51. The average Bonchev–Trinajstić information content (AvgIpc) is 2.74. The highest BCUT2D eigenvalue weighted by molar-refractivity contribution is 5.46. The van der Waals surface area contributed by atoms with Crippen molar-refractivity contribution in [2.45, 2.75) is 20.3 Å². The van der Waals surface area contributed by atoms with E-state index in [4.69, 9.17) is 0 Å². The fraction of sp³-hybridized carbons (Fsp3) is 0.462. The molecule has 0 amide bonds. The number of likely N-dealkylation sites (N-methyl/N-ethyl adjacent to an activating group) is 1. The molecule has 2 aromatic heterocycles. The summed E-state index contributed by atoms with van der Waals surface area (Å²) in [6.45, 7) is 5.00. The number of nitrogens with zero attached hydrogens (tertiary/aromatic N) is 4. The molecule has 0 bridgehead atoms. The molecule has 0 unspecified atom stereocenters. The largest absolute Gasteiger partial charge is 0.331 e. The second kappa shape index (κ2) is 5.27. The number of rotatable bonds is 4. The van der Waals surface area contributed by atoms with Crippen LogP contribution in [0.15, 0.2) is 12.4 Å². The molecule has 2 rings (SSSR count). The Morgan fingerprint density at radius 3 is 2.39 bits per heavy atom. The van der Waals surface area contributed by atoms with Gasteiger partial charge in [-0.25, -0.2) is 15.0 Å². The van der Waals surface area contributed by atoms with Crippen molar-refractivity contribution >= 4 is 0 Å². The highest BCUT2D eigenvalue weighted by Gasteiger charge is 2.12. The maximum Gasteiger partial charge on any atom is 0.196 e. The van der Waals surface area contributed by atoms with Crippen LogP contribution in [0.1, 0.15) is 17.0 Å². The monoisotopic (exact) mass is 245 g/mol. The number of hydrogen-bond donors (Lipinski definition) is 1. The van der Waals surface area contributed by atoms with Crippen LogP contribution in [0.25, 0.3) is 11.6 Å². The maximum atomic E-state index is 4.57. The van der Waals surface area contributed by atoms with Crippen molar-refractivity contribution in [3.05, 3.63) is 29.3 Å². The summed E-state index contributed by atoms with van der Waals surface area (Å²) >= 11 is 0. The molecule has 0 aliphatic heterocycles. The average molecular weight is 245 g/mol. The van der Waals surface area contributed by atoms with Crippen LogP contribution in [0.3, 0.4) is 0 Å². The van der Waals surface area contributed by atoms with Crippen LogP contribution in [0, 0.1) is 13.8 Å². The van der Waals surface area contributed by atoms with E-state index in [1.54, 1.807) is 6.20 Å². The maximum absolute atomic E-state index is 4.57. The van der Waals surface area contributed by atoms with E-state index in [-0.39, 0.29) is 0 Å². The molecule has 0 fully saturated rings. The molecule has 5 heteroatoms. The van der Waals surface area contributed by atoms with Crippen molar-refractivity contribution in [1.82, 2.24) is 24.8 Å². The summed E-state index contributed by atoms with van der Waals surface area (Å²) in [5, 5.41) is 3.15. The number of nitrogens with one attached hydrogen (secondary N) is 1. The number of imidazole rings is 1. The fourth-order valence-corrected chi connectivity index (χ4v) is 2.03. The minimum absolute atomic E-state index is 0.700. The van der Waals surface area contributed by atoms with Gasteiger partial charge in [0.1, 0.15) is 0 Å². The van der Waals surface area contributed by atoms with Crippen molar-refractivity contribution in [3.8, 4) is 11.6 Å². The molecule has 0 aliphatic rings. The molecule has 0 saturated heterocycles. The molecular weight excluding hydrogens is 226 g/mol. The molecule has 0 aliphatic carbocycles. The number of hydrogen-bond acceptors (Lipinski definition) is 4. The minimum Gasteiger partial charge on any atom is -0.331 e. The van der Waals surface area contributed by atoms with Gasteiger partial charge in [-0.15, -0.1) is 0 Å². The van der Waals surface area contributed by atoms with Crippen LogP contribution < -0.4 is 5.32 Å². The van der Waals surface area contributed by atoms with Crippen LogP contribution in [0.4, 0.5) is 0 Å². The van der Waals surface area contributed by atoms with E-state index in [9.17, 15) is 0 Å². The van der Waals surface area contributed by atoms with Gasteiger partial charge in [-0.3, -0.25) is 0 Å². The Hall–Kier alpha value is -1.75. The Morgan fingerprint density at radius 1 is 1.22 bits per heavy atom. The van der Waals surface area contributed by atoms with E-state index < -0.39 is 0 Å². The van der Waals surface area contributed by atoms with Crippen molar-refractivity contribution in [3.63, 3.8) is 0 Å². The molecule has 0 aromatic carbocycles. The first-order chi connectivity index (χ1) is 8.63. The van der Waals surface area contributed by atoms with Gasteiger partial charge in [-0.1, -0.05) is 0 Å². The van der Waals surface area contributed by atoms with Crippen LogP contribution >= 0.6 is 0 Å². The second-order valence-corrected chi connectivity index (χ2v) is 4.41. The van der Waals surface area contributed by atoms with Gasteiger partial charge in [-0.2, -0.15) is 0 Å². The number of aryl methyl sites for hydroxylation is 3. The first-order valence-electron chi connectivity index (χ1n) is 6.10. The molecule has 0 spiro atoms. The van der Waals surface area contributed by atoms with E-state index in [2.05, 4.69) is 20.3 Å². The van der Waals surface area contributed by atoms with Crippen LogP contribution in [-0.4, -0.2) is 33.1 Å². The second-order valence-electron chi connectivity index (χ2n) is 4.41. The Morgan fingerprint density at radius 2 is 1.89 bits per heavy atom. The summed E-state index contributed by atoms with van der Waals surface area (Å²) < 4.78 is 1.93. The Balaban J connectivity index is 2.39. The first kappa shape index (κ1) is 12.7. The Labute approximate surface area is 107 Å². The molecule has 2 aromatic rings. The van der Waals surface area contributed by atoms with Gasteiger partial charge in [0, 0.05) is 30.8 Å². The molecule has 0 saturated carbocycles. The van der Waals surface area contributed by atoms with Gasteiger partial charge in [0.05, 0.1) is 0 Å². The zero-order valence-electron chi connectivity index (χ0n) is 11.4. The van der Waals surface area contributed by atoms with E-state index in [0.29, 0.717) is 5.82 Å². The Kier molecular flexibility index (Phi) is 3.72. The third-order valence-corrected chi connectivity index (χ3v) is 3.07. The predicted molar refractivity (Wildman–Crippen MR) is 71.3 cm³/mol. The van der Waals surface area contributed by atoms with Crippen molar-refractivity contribution in [2.75, 3.05) is 13.6 Å². The molecule has 1 N–H and O–H groups in total. The SMILES string of the molecule is CNCCc1c(C)nc(-c2nccn2C)nc1C. The third kappa shape index (κ3) is 2.41. The lowest BCUT2D eigenvalue weighted by Gasteiger charge is -2.10. The van der Waals surface area contributed by atoms with Gasteiger partial charge in [0.2, 0.25) is 0 Å². The van der Waals surface area contributed by atoms with Gasteiger partial charge < -0.3 is 9.88 Å². The van der Waals surface area contributed by atoms with E-state index >= 15 is 0 Å². The molecule has 2 heterocycles. The first-order valence-corrected chi connectivity index (χ1v) is 6.10.